The summed E-state index contributed by atoms with van der Waals surface area (Å²) in [5.74, 6) is 6.38. The maximum absolute atomic E-state index is 11.5. The summed E-state index contributed by atoms with van der Waals surface area (Å²) in [5.41, 5.74) is 1.25. The second-order valence-electron chi connectivity index (χ2n) is 3.73. The number of rotatable bonds is 4. The van der Waals surface area contributed by atoms with Gasteiger partial charge in [-0.1, -0.05) is 35.7 Å². The summed E-state index contributed by atoms with van der Waals surface area (Å²) in [7, 11) is 0. The van der Waals surface area contributed by atoms with E-state index in [0.29, 0.717) is 17.7 Å². The molecule has 0 spiro atoms. The third-order valence-corrected chi connectivity index (χ3v) is 3.00. The summed E-state index contributed by atoms with van der Waals surface area (Å²) in [4.78, 5) is 22.2. The Morgan fingerprint density at radius 3 is 2.84 bits per heavy atom. The van der Waals surface area contributed by atoms with Crippen molar-refractivity contribution in [2.75, 3.05) is 5.75 Å². The molecule has 19 heavy (non-hydrogen) atoms. The minimum atomic E-state index is -0.196. The molecule has 1 aromatic carbocycles. The van der Waals surface area contributed by atoms with Crippen LogP contribution in [0.1, 0.15) is 35.7 Å². The molecule has 0 saturated carbocycles. The zero-order valence-electron chi connectivity index (χ0n) is 10.6. The summed E-state index contributed by atoms with van der Waals surface area (Å²) >= 11 is 1.25. The van der Waals surface area contributed by atoms with Crippen molar-refractivity contribution in [3.8, 4) is 17.9 Å². The van der Waals surface area contributed by atoms with Gasteiger partial charge in [0.25, 0.3) is 0 Å². The number of carbonyl (C=O) groups is 2. The number of ketones is 1. The maximum Gasteiger partial charge on any atom is 0.185 e. The Labute approximate surface area is 117 Å². The van der Waals surface area contributed by atoms with Gasteiger partial charge in [-0.15, -0.1) is 0 Å². The van der Waals surface area contributed by atoms with Gasteiger partial charge in [-0.25, -0.2) is 0 Å². The molecule has 0 saturated heterocycles. The van der Waals surface area contributed by atoms with Crippen LogP contribution in [0.2, 0.25) is 0 Å². The fourth-order valence-electron chi connectivity index (χ4n) is 1.35. The minimum Gasteiger partial charge on any atom is -0.293 e. The fraction of sp³-hybridized carbons (Fsp3) is 0.267. The maximum atomic E-state index is 11.5. The van der Waals surface area contributed by atoms with Gasteiger partial charge in [-0.05, 0) is 12.1 Å². The molecule has 0 atom stereocenters. The lowest BCUT2D eigenvalue weighted by molar-refractivity contribution is -0.109. The number of thioether (sulfide) groups is 1. The molecular formula is C15H13NO2S. The Balaban J connectivity index is 2.63. The molecule has 1 rings (SSSR count). The second-order valence-corrected chi connectivity index (χ2v) is 5.00. The van der Waals surface area contributed by atoms with Crippen LogP contribution >= 0.6 is 11.8 Å². The van der Waals surface area contributed by atoms with Crippen LogP contribution in [0.25, 0.3) is 0 Å². The van der Waals surface area contributed by atoms with Crippen molar-refractivity contribution in [2.45, 2.75) is 19.8 Å². The third-order valence-electron chi connectivity index (χ3n) is 2.19. The summed E-state index contributed by atoms with van der Waals surface area (Å²) in [6.07, 6.45) is 0.507. The first kappa shape index (κ1) is 15.0. The van der Waals surface area contributed by atoms with E-state index < -0.39 is 0 Å². The zero-order valence-corrected chi connectivity index (χ0v) is 11.4. The van der Waals surface area contributed by atoms with Crippen molar-refractivity contribution < 1.29 is 9.59 Å². The van der Waals surface area contributed by atoms with E-state index in [2.05, 4.69) is 11.8 Å². The summed E-state index contributed by atoms with van der Waals surface area (Å²) < 4.78 is 0. The van der Waals surface area contributed by atoms with E-state index in [0.717, 1.165) is 5.56 Å². The van der Waals surface area contributed by atoms with Gasteiger partial charge in [0.05, 0.1) is 12.5 Å². The lowest BCUT2D eigenvalue weighted by Crippen LogP contribution is -1.97. The van der Waals surface area contributed by atoms with Gasteiger partial charge < -0.3 is 0 Å². The molecule has 1 aromatic rings. The Bertz CT molecular complexity index is 576. The number of hydrogen-bond donors (Lipinski definition) is 0. The van der Waals surface area contributed by atoms with Gasteiger partial charge in [0.1, 0.15) is 0 Å². The highest BCUT2D eigenvalue weighted by molar-refractivity contribution is 8.13. The SMILES string of the molecule is CC(=O)SCCC#Cc1cccc(C(=O)CC#N)c1. The van der Waals surface area contributed by atoms with Gasteiger partial charge >= 0.3 is 0 Å². The van der Waals surface area contributed by atoms with E-state index in [-0.39, 0.29) is 17.3 Å². The number of Topliss-reactive ketones (excluding diaryl/α,β-unsaturated/α-hetero) is 1. The third kappa shape index (κ3) is 5.90. The van der Waals surface area contributed by atoms with Crippen molar-refractivity contribution in [1.29, 1.82) is 5.26 Å². The van der Waals surface area contributed by atoms with Gasteiger partial charge in [0.15, 0.2) is 10.9 Å². The van der Waals surface area contributed by atoms with Crippen LogP contribution in [0.15, 0.2) is 24.3 Å². The van der Waals surface area contributed by atoms with E-state index in [1.54, 1.807) is 18.2 Å². The molecule has 0 aliphatic heterocycles. The average molecular weight is 271 g/mol. The standard InChI is InChI=1S/C15H13NO2S/c1-12(17)19-10-3-2-5-13-6-4-7-14(11-13)15(18)8-9-16/h4,6-7,11H,3,8,10H2,1H3. The first-order valence-electron chi connectivity index (χ1n) is 5.76. The molecule has 0 aliphatic rings. The van der Waals surface area contributed by atoms with E-state index >= 15 is 0 Å². The van der Waals surface area contributed by atoms with Gasteiger partial charge in [0.2, 0.25) is 0 Å². The zero-order chi connectivity index (χ0) is 14.1. The lowest BCUT2D eigenvalue weighted by Gasteiger charge is -1.97. The topological polar surface area (TPSA) is 57.9 Å². The average Bonchev–Trinajstić information content (AvgIpc) is 2.38. The molecule has 0 unspecified atom stereocenters. The minimum absolute atomic E-state index is 0.0888. The monoisotopic (exact) mass is 271 g/mol. The molecular weight excluding hydrogens is 258 g/mol. The molecule has 0 aliphatic carbocycles. The van der Waals surface area contributed by atoms with Crippen molar-refractivity contribution in [2.24, 2.45) is 0 Å². The van der Waals surface area contributed by atoms with Crippen LogP contribution in [-0.2, 0) is 4.79 Å². The highest BCUT2D eigenvalue weighted by Crippen LogP contribution is 2.07. The fourth-order valence-corrected chi connectivity index (χ4v) is 1.85. The van der Waals surface area contributed by atoms with E-state index in [4.69, 9.17) is 5.26 Å². The molecule has 3 nitrogen and oxygen atoms in total. The van der Waals surface area contributed by atoms with Gasteiger partial charge in [0, 0.05) is 30.2 Å². The van der Waals surface area contributed by atoms with E-state index in [1.807, 2.05) is 12.1 Å². The van der Waals surface area contributed by atoms with Crippen LogP contribution in [0.3, 0.4) is 0 Å². The van der Waals surface area contributed by atoms with Crippen LogP contribution in [0, 0.1) is 23.2 Å². The molecule has 0 heterocycles. The summed E-state index contributed by atoms with van der Waals surface area (Å²) in [6.45, 7) is 1.53. The molecule has 0 N–H and O–H groups in total. The van der Waals surface area contributed by atoms with Gasteiger partial charge in [-0.2, -0.15) is 5.26 Å². The lowest BCUT2D eigenvalue weighted by atomic mass is 10.1. The molecule has 0 amide bonds. The quantitative estimate of drug-likeness (QED) is 0.480. The van der Waals surface area contributed by atoms with Crippen molar-refractivity contribution in [3.63, 3.8) is 0 Å². The van der Waals surface area contributed by atoms with Crippen LogP contribution in [-0.4, -0.2) is 16.7 Å². The smallest absolute Gasteiger partial charge is 0.185 e. The molecule has 0 radical (unpaired) electrons. The predicted molar refractivity (Wildman–Crippen MR) is 75.6 cm³/mol. The predicted octanol–water partition coefficient (Wildman–Crippen LogP) is 2.80. The van der Waals surface area contributed by atoms with Crippen molar-refractivity contribution in [3.05, 3.63) is 35.4 Å². The molecule has 0 fully saturated rings. The Kier molecular flexibility index (Phi) is 6.43. The number of carbonyl (C=O) groups excluding carboxylic acids is 2. The normalized spacial score (nSPS) is 9.05. The highest BCUT2D eigenvalue weighted by atomic mass is 32.2. The van der Waals surface area contributed by atoms with Crippen LogP contribution < -0.4 is 0 Å². The van der Waals surface area contributed by atoms with Crippen molar-refractivity contribution >= 4 is 22.7 Å². The van der Waals surface area contributed by atoms with Crippen molar-refractivity contribution in [1.82, 2.24) is 0 Å². The van der Waals surface area contributed by atoms with E-state index in [1.165, 1.54) is 18.7 Å². The number of nitrogens with zero attached hydrogens (tertiary/aromatic N) is 1. The molecule has 96 valence electrons. The number of benzene rings is 1. The van der Waals surface area contributed by atoms with Crippen LogP contribution in [0.5, 0.6) is 0 Å². The Morgan fingerprint density at radius 2 is 2.16 bits per heavy atom. The number of nitriles is 1. The Hall–Kier alpha value is -2.04. The van der Waals surface area contributed by atoms with E-state index in [9.17, 15) is 9.59 Å². The summed E-state index contributed by atoms with van der Waals surface area (Å²) in [5, 5.41) is 8.57. The molecule has 0 bridgehead atoms. The first-order chi connectivity index (χ1) is 9.13. The molecule has 0 aromatic heterocycles. The highest BCUT2D eigenvalue weighted by Gasteiger charge is 2.04. The largest absolute Gasteiger partial charge is 0.293 e. The van der Waals surface area contributed by atoms with Crippen LogP contribution in [0.4, 0.5) is 0 Å². The first-order valence-corrected chi connectivity index (χ1v) is 6.74. The Morgan fingerprint density at radius 1 is 1.37 bits per heavy atom. The molecule has 4 heteroatoms. The number of hydrogen-bond acceptors (Lipinski definition) is 4. The van der Waals surface area contributed by atoms with Gasteiger partial charge in [-0.3, -0.25) is 9.59 Å². The second kappa shape index (κ2) is 8.13. The summed E-state index contributed by atoms with van der Waals surface area (Å²) in [6, 6.07) is 8.76.